The number of carbonyl (C=O) groups is 1. The van der Waals surface area contributed by atoms with Crippen LogP contribution in [0.2, 0.25) is 0 Å². The molecule has 0 aliphatic carbocycles. The summed E-state index contributed by atoms with van der Waals surface area (Å²) in [6, 6.07) is 20.2. The van der Waals surface area contributed by atoms with E-state index in [2.05, 4.69) is 34.3 Å². The molecule has 0 radical (unpaired) electrons. The molecule has 1 fully saturated rings. The molecule has 35 heavy (non-hydrogen) atoms. The average Bonchev–Trinajstić information content (AvgIpc) is 3.14. The van der Waals surface area contributed by atoms with E-state index >= 15 is 0 Å². The number of hydrogen-bond acceptors (Lipinski definition) is 5. The van der Waals surface area contributed by atoms with E-state index in [4.69, 9.17) is 4.74 Å². The lowest BCUT2D eigenvalue weighted by molar-refractivity contribution is 0.0737. The molecule has 2 aromatic heterocycles. The maximum atomic E-state index is 13.5. The van der Waals surface area contributed by atoms with Gasteiger partial charge in [0.2, 0.25) is 0 Å². The predicted octanol–water partition coefficient (Wildman–Crippen LogP) is 4.88. The summed E-state index contributed by atoms with van der Waals surface area (Å²) >= 11 is 0. The highest BCUT2D eigenvalue weighted by Gasteiger charge is 2.24. The third-order valence-electron chi connectivity index (χ3n) is 6.51. The minimum absolute atomic E-state index is 0.0455. The van der Waals surface area contributed by atoms with Crippen molar-refractivity contribution < 1.29 is 9.53 Å². The van der Waals surface area contributed by atoms with E-state index in [0.29, 0.717) is 38.4 Å². The van der Waals surface area contributed by atoms with Gasteiger partial charge in [0, 0.05) is 60.8 Å². The summed E-state index contributed by atoms with van der Waals surface area (Å²) in [5, 5.41) is 4.60. The number of fused-ring (bicyclic) bond motifs is 1. The number of aryl methyl sites for hydroxylation is 1. The van der Waals surface area contributed by atoms with Gasteiger partial charge >= 0.3 is 0 Å². The first-order valence-electron chi connectivity index (χ1n) is 12.1. The van der Waals surface area contributed by atoms with Gasteiger partial charge in [-0.1, -0.05) is 24.3 Å². The Morgan fingerprint density at radius 1 is 1.09 bits per heavy atom. The number of anilines is 1. The molecule has 1 aliphatic rings. The molecule has 0 saturated carbocycles. The number of carbonyl (C=O) groups excluding carboxylic acids is 1. The van der Waals surface area contributed by atoms with Crippen LogP contribution in [0.4, 0.5) is 5.69 Å². The monoisotopic (exact) mass is 466 g/mol. The molecule has 1 amide bonds. The second-order valence-corrected chi connectivity index (χ2v) is 9.17. The lowest BCUT2D eigenvalue weighted by Gasteiger charge is -2.24. The van der Waals surface area contributed by atoms with E-state index in [1.54, 1.807) is 12.4 Å². The largest absolute Gasteiger partial charge is 0.381 e. The van der Waals surface area contributed by atoms with E-state index < -0.39 is 0 Å². The van der Waals surface area contributed by atoms with Crippen LogP contribution in [0, 0.1) is 12.8 Å². The first-order chi connectivity index (χ1) is 17.2. The summed E-state index contributed by atoms with van der Waals surface area (Å²) in [7, 11) is 0. The minimum Gasteiger partial charge on any atom is -0.381 e. The molecular formula is C29H30N4O2. The van der Waals surface area contributed by atoms with Crippen molar-refractivity contribution in [2.45, 2.75) is 19.9 Å². The molecule has 5 rings (SSSR count). The highest BCUT2D eigenvalue weighted by molar-refractivity contribution is 5.95. The molecule has 178 valence electrons. The molecule has 4 aromatic rings. The van der Waals surface area contributed by atoms with E-state index in [0.717, 1.165) is 34.1 Å². The SMILES string of the molecule is Cc1ccc(C(=O)N2CCOCC(Cc3cnc4ccccc4c3)C2)cc1NCc1ccncc1. The van der Waals surface area contributed by atoms with E-state index in [1.165, 1.54) is 5.56 Å². The average molecular weight is 467 g/mol. The van der Waals surface area contributed by atoms with E-state index in [9.17, 15) is 4.79 Å². The Kier molecular flexibility index (Phi) is 7.00. The number of benzene rings is 2. The van der Waals surface area contributed by atoms with Crippen molar-refractivity contribution in [2.75, 3.05) is 31.6 Å². The fourth-order valence-corrected chi connectivity index (χ4v) is 4.58. The Bertz CT molecular complexity index is 1310. The molecular weight excluding hydrogens is 436 g/mol. The number of hydrogen-bond donors (Lipinski definition) is 1. The summed E-state index contributed by atoms with van der Waals surface area (Å²) < 4.78 is 5.88. The smallest absolute Gasteiger partial charge is 0.254 e. The van der Waals surface area contributed by atoms with Crippen LogP contribution in [-0.2, 0) is 17.7 Å². The number of para-hydroxylation sites is 1. The van der Waals surface area contributed by atoms with Crippen molar-refractivity contribution >= 4 is 22.5 Å². The number of amides is 1. The maximum Gasteiger partial charge on any atom is 0.254 e. The third-order valence-corrected chi connectivity index (χ3v) is 6.51. The van der Waals surface area contributed by atoms with Gasteiger partial charge in [-0.05, 0) is 66.4 Å². The van der Waals surface area contributed by atoms with Crippen molar-refractivity contribution in [2.24, 2.45) is 5.92 Å². The van der Waals surface area contributed by atoms with Gasteiger partial charge in [-0.15, -0.1) is 0 Å². The number of pyridine rings is 2. The van der Waals surface area contributed by atoms with Gasteiger partial charge in [0.15, 0.2) is 0 Å². The molecule has 6 heteroatoms. The molecule has 6 nitrogen and oxygen atoms in total. The van der Waals surface area contributed by atoms with Gasteiger partial charge < -0.3 is 15.0 Å². The van der Waals surface area contributed by atoms with Crippen LogP contribution in [0.3, 0.4) is 0 Å². The maximum absolute atomic E-state index is 13.5. The van der Waals surface area contributed by atoms with Crippen LogP contribution >= 0.6 is 0 Å². The normalized spacial score (nSPS) is 16.1. The molecule has 0 bridgehead atoms. The molecule has 0 spiro atoms. The first kappa shape index (κ1) is 23.0. The van der Waals surface area contributed by atoms with Gasteiger partial charge in [-0.25, -0.2) is 0 Å². The molecule has 1 aliphatic heterocycles. The number of nitrogens with zero attached hydrogens (tertiary/aromatic N) is 3. The molecule has 2 aromatic carbocycles. The summed E-state index contributed by atoms with van der Waals surface area (Å²) in [6.07, 6.45) is 6.35. The quantitative estimate of drug-likeness (QED) is 0.439. The van der Waals surface area contributed by atoms with Crippen LogP contribution < -0.4 is 5.32 Å². The number of nitrogens with one attached hydrogen (secondary N) is 1. The summed E-state index contributed by atoms with van der Waals surface area (Å²) in [5.41, 5.74) is 6.09. The third kappa shape index (κ3) is 5.66. The molecule has 1 unspecified atom stereocenters. The van der Waals surface area contributed by atoms with Crippen molar-refractivity contribution in [3.8, 4) is 0 Å². The Hall–Kier alpha value is -3.77. The van der Waals surface area contributed by atoms with Gasteiger partial charge in [0.05, 0.1) is 18.7 Å². The zero-order valence-electron chi connectivity index (χ0n) is 20.0. The van der Waals surface area contributed by atoms with Crippen molar-refractivity contribution in [3.63, 3.8) is 0 Å². The molecule has 1 saturated heterocycles. The summed E-state index contributed by atoms with van der Waals surface area (Å²) in [5.74, 6) is 0.267. The Morgan fingerprint density at radius 3 is 2.83 bits per heavy atom. The number of rotatable bonds is 6. The molecule has 3 heterocycles. The van der Waals surface area contributed by atoms with Crippen LogP contribution in [0.25, 0.3) is 10.9 Å². The van der Waals surface area contributed by atoms with E-state index in [-0.39, 0.29) is 11.8 Å². The van der Waals surface area contributed by atoms with Crippen LogP contribution in [0.15, 0.2) is 79.3 Å². The Morgan fingerprint density at radius 2 is 1.94 bits per heavy atom. The van der Waals surface area contributed by atoms with E-state index in [1.807, 2.05) is 59.6 Å². The Labute approximate surface area is 206 Å². The van der Waals surface area contributed by atoms with Crippen molar-refractivity contribution in [1.29, 1.82) is 0 Å². The zero-order valence-corrected chi connectivity index (χ0v) is 20.0. The fourth-order valence-electron chi connectivity index (χ4n) is 4.58. The van der Waals surface area contributed by atoms with Gasteiger partial charge in [0.25, 0.3) is 5.91 Å². The lowest BCUT2D eigenvalue weighted by Crippen LogP contribution is -2.36. The van der Waals surface area contributed by atoms with Crippen LogP contribution in [-0.4, -0.2) is 47.1 Å². The van der Waals surface area contributed by atoms with Gasteiger partial charge in [-0.3, -0.25) is 14.8 Å². The van der Waals surface area contributed by atoms with Crippen molar-refractivity contribution in [3.05, 3.63) is 102 Å². The van der Waals surface area contributed by atoms with Gasteiger partial charge in [0.1, 0.15) is 0 Å². The standard InChI is InChI=1S/C29H30N4O2/c1-21-6-7-26(16-28(21)32-17-22-8-10-30-11-9-22)29(34)33-12-13-35-20-24(19-33)14-23-15-25-4-2-3-5-27(25)31-18-23/h2-11,15-16,18,24,32H,12-14,17,19-20H2,1H3. The molecule has 1 N–H and O–H groups in total. The first-order valence-corrected chi connectivity index (χ1v) is 12.1. The highest BCUT2D eigenvalue weighted by Crippen LogP contribution is 2.22. The van der Waals surface area contributed by atoms with Crippen LogP contribution in [0.1, 0.15) is 27.0 Å². The highest BCUT2D eigenvalue weighted by atomic mass is 16.5. The second-order valence-electron chi connectivity index (χ2n) is 9.17. The van der Waals surface area contributed by atoms with Crippen LogP contribution in [0.5, 0.6) is 0 Å². The summed E-state index contributed by atoms with van der Waals surface area (Å²) in [6.45, 7) is 5.19. The summed E-state index contributed by atoms with van der Waals surface area (Å²) in [4.78, 5) is 24.1. The zero-order chi connectivity index (χ0) is 24.0. The second kappa shape index (κ2) is 10.7. The Balaban J connectivity index is 1.28. The topological polar surface area (TPSA) is 67.4 Å². The van der Waals surface area contributed by atoms with Gasteiger partial charge in [-0.2, -0.15) is 0 Å². The molecule has 1 atom stereocenters. The number of aromatic nitrogens is 2. The lowest BCUT2D eigenvalue weighted by atomic mass is 9.99. The minimum atomic E-state index is 0.0455. The number of ether oxygens (including phenoxy) is 1. The predicted molar refractivity (Wildman–Crippen MR) is 138 cm³/mol. The van der Waals surface area contributed by atoms with Crippen molar-refractivity contribution in [1.82, 2.24) is 14.9 Å². The fraction of sp³-hybridized carbons (Fsp3) is 0.276.